The summed E-state index contributed by atoms with van der Waals surface area (Å²) in [5.41, 5.74) is 3.06. The average molecular weight is 562 g/mol. The Hall–Kier alpha value is -4.17. The van der Waals surface area contributed by atoms with Crippen molar-refractivity contribution in [3.8, 4) is 5.75 Å². The number of benzene rings is 3. The minimum Gasteiger partial charge on any atom is -0.491 e. The first-order chi connectivity index (χ1) is 19.9. The molecule has 2 atom stereocenters. The zero-order valence-corrected chi connectivity index (χ0v) is 23.8. The largest absolute Gasteiger partial charge is 0.491 e. The third kappa shape index (κ3) is 11.8. The van der Waals surface area contributed by atoms with Crippen LogP contribution in [0.25, 0.3) is 0 Å². The second-order valence-electron chi connectivity index (χ2n) is 9.73. The Kier molecular flexibility index (Phi) is 13.4. The number of aryl methyl sites for hydroxylation is 2. The van der Waals surface area contributed by atoms with Crippen molar-refractivity contribution in [2.75, 3.05) is 26.9 Å². The summed E-state index contributed by atoms with van der Waals surface area (Å²) in [4.78, 5) is 37.0. The molecule has 3 aromatic carbocycles. The topological polar surface area (TPSA) is 100 Å². The quantitative estimate of drug-likeness (QED) is 0.189. The molecular formula is C33H39NO7. The van der Waals surface area contributed by atoms with Crippen molar-refractivity contribution in [2.24, 2.45) is 5.92 Å². The van der Waals surface area contributed by atoms with Gasteiger partial charge in [-0.15, -0.1) is 0 Å². The number of hydrogen-bond acceptors (Lipinski definition) is 7. The number of nitrogens with one attached hydrogen (secondary N) is 1. The van der Waals surface area contributed by atoms with E-state index in [1.807, 2.05) is 91.9 Å². The summed E-state index contributed by atoms with van der Waals surface area (Å²) in [6.07, 6.45) is 2.23. The van der Waals surface area contributed by atoms with E-state index in [0.29, 0.717) is 18.6 Å². The molecule has 218 valence electrons. The Bertz CT molecular complexity index is 1220. The summed E-state index contributed by atoms with van der Waals surface area (Å²) in [5.74, 6) is -0.676. The van der Waals surface area contributed by atoms with E-state index in [2.05, 4.69) is 5.32 Å². The molecule has 1 amide bonds. The van der Waals surface area contributed by atoms with Gasteiger partial charge in [-0.1, -0.05) is 79.7 Å². The van der Waals surface area contributed by atoms with E-state index in [4.69, 9.17) is 18.9 Å². The Morgan fingerprint density at radius 2 is 1.49 bits per heavy atom. The predicted octanol–water partition coefficient (Wildman–Crippen LogP) is 4.68. The maximum atomic E-state index is 12.7. The molecule has 0 aliphatic carbocycles. The maximum absolute atomic E-state index is 12.7. The number of rotatable bonds is 17. The third-order valence-corrected chi connectivity index (χ3v) is 6.50. The second kappa shape index (κ2) is 17.5. The van der Waals surface area contributed by atoms with Crippen molar-refractivity contribution < 1.29 is 33.3 Å². The highest BCUT2D eigenvalue weighted by Gasteiger charge is 2.24. The first-order valence-electron chi connectivity index (χ1n) is 13.9. The van der Waals surface area contributed by atoms with E-state index in [9.17, 15) is 14.4 Å². The zero-order valence-electron chi connectivity index (χ0n) is 23.8. The molecule has 3 aromatic rings. The highest BCUT2D eigenvalue weighted by molar-refractivity contribution is 5.85. The molecule has 1 N–H and O–H groups in total. The van der Waals surface area contributed by atoms with Crippen LogP contribution in [0.1, 0.15) is 36.5 Å². The van der Waals surface area contributed by atoms with Crippen molar-refractivity contribution in [1.29, 1.82) is 0 Å². The average Bonchev–Trinajstić information content (AvgIpc) is 3.01. The molecule has 0 spiro atoms. The van der Waals surface area contributed by atoms with E-state index in [1.54, 1.807) is 0 Å². The Labute approximate surface area is 242 Å². The van der Waals surface area contributed by atoms with Gasteiger partial charge in [-0.2, -0.15) is 0 Å². The first-order valence-corrected chi connectivity index (χ1v) is 13.9. The summed E-state index contributed by atoms with van der Waals surface area (Å²) < 4.78 is 21.6. The summed E-state index contributed by atoms with van der Waals surface area (Å²) >= 11 is 0. The van der Waals surface area contributed by atoms with Crippen LogP contribution in [0.4, 0.5) is 0 Å². The van der Waals surface area contributed by atoms with E-state index in [1.165, 1.54) is 7.11 Å². The number of carbonyl (C=O) groups excluding carboxylic acids is 3. The lowest BCUT2D eigenvalue weighted by Crippen LogP contribution is -2.46. The molecule has 0 saturated carbocycles. The summed E-state index contributed by atoms with van der Waals surface area (Å²) in [7, 11) is 1.28. The van der Waals surface area contributed by atoms with Crippen LogP contribution >= 0.6 is 0 Å². The Morgan fingerprint density at radius 1 is 0.805 bits per heavy atom. The normalized spacial score (nSPS) is 12.1. The lowest BCUT2D eigenvalue weighted by atomic mass is 10.00. The zero-order chi connectivity index (χ0) is 29.3. The Morgan fingerprint density at radius 3 is 2.20 bits per heavy atom. The first kappa shape index (κ1) is 31.4. The van der Waals surface area contributed by atoms with Gasteiger partial charge < -0.3 is 24.3 Å². The van der Waals surface area contributed by atoms with Gasteiger partial charge in [0.15, 0.2) is 6.04 Å². The van der Waals surface area contributed by atoms with Crippen LogP contribution < -0.4 is 10.1 Å². The molecule has 0 fully saturated rings. The smallest absolute Gasteiger partial charge is 0.330 e. The molecule has 41 heavy (non-hydrogen) atoms. The van der Waals surface area contributed by atoms with E-state index in [-0.39, 0.29) is 50.6 Å². The van der Waals surface area contributed by atoms with Crippen LogP contribution in [0.2, 0.25) is 0 Å². The van der Waals surface area contributed by atoms with Crippen LogP contribution in [0.15, 0.2) is 84.9 Å². The molecule has 0 aromatic heterocycles. The number of methoxy groups -OCH3 is 1. The van der Waals surface area contributed by atoms with E-state index < -0.39 is 12.0 Å². The molecule has 0 radical (unpaired) electrons. The van der Waals surface area contributed by atoms with Gasteiger partial charge in [-0.05, 0) is 48.1 Å². The molecule has 0 bridgehead atoms. The van der Waals surface area contributed by atoms with Crippen molar-refractivity contribution in [1.82, 2.24) is 5.32 Å². The van der Waals surface area contributed by atoms with Gasteiger partial charge in [0.25, 0.3) is 0 Å². The fraction of sp³-hybridized carbons (Fsp3) is 0.364. The van der Waals surface area contributed by atoms with Crippen LogP contribution in [0, 0.1) is 5.92 Å². The maximum Gasteiger partial charge on any atom is 0.330 e. The minimum absolute atomic E-state index is 0.0295. The predicted molar refractivity (Wildman–Crippen MR) is 155 cm³/mol. The molecule has 0 unspecified atom stereocenters. The monoisotopic (exact) mass is 561 g/mol. The lowest BCUT2D eigenvalue weighted by Gasteiger charge is -2.19. The molecule has 0 aliphatic heterocycles. The molecule has 0 aliphatic rings. The van der Waals surface area contributed by atoms with Gasteiger partial charge in [0.05, 0.1) is 20.3 Å². The van der Waals surface area contributed by atoms with Crippen molar-refractivity contribution in [2.45, 2.75) is 45.3 Å². The summed E-state index contributed by atoms with van der Waals surface area (Å²) in [6.45, 7) is 2.53. The van der Waals surface area contributed by atoms with Gasteiger partial charge in [-0.25, -0.2) is 4.79 Å². The van der Waals surface area contributed by atoms with Gasteiger partial charge in [-0.3, -0.25) is 9.59 Å². The molecule has 8 heteroatoms. The molecular weight excluding hydrogens is 522 g/mol. The van der Waals surface area contributed by atoms with Crippen molar-refractivity contribution >= 4 is 17.8 Å². The van der Waals surface area contributed by atoms with Crippen LogP contribution in [0.5, 0.6) is 5.75 Å². The SMILES string of the molecule is COC(=O)[C@H](COCCOc1cccc(CCC(=O)OCc2ccccc2)c1)NC(=O)[C@@H](C)CCc1ccccc1. The van der Waals surface area contributed by atoms with Crippen molar-refractivity contribution in [3.05, 3.63) is 102 Å². The van der Waals surface area contributed by atoms with Gasteiger partial charge >= 0.3 is 11.9 Å². The molecule has 3 rings (SSSR count). The highest BCUT2D eigenvalue weighted by Crippen LogP contribution is 2.15. The van der Waals surface area contributed by atoms with Crippen LogP contribution in [0.3, 0.4) is 0 Å². The number of amides is 1. The highest BCUT2D eigenvalue weighted by atomic mass is 16.5. The van der Waals surface area contributed by atoms with Crippen LogP contribution in [-0.4, -0.2) is 50.8 Å². The Balaban J connectivity index is 1.35. The molecule has 0 saturated heterocycles. The van der Waals surface area contributed by atoms with Crippen LogP contribution in [-0.2, 0) is 48.0 Å². The van der Waals surface area contributed by atoms with E-state index >= 15 is 0 Å². The number of hydrogen-bond donors (Lipinski definition) is 1. The van der Waals surface area contributed by atoms with E-state index in [0.717, 1.165) is 23.1 Å². The standard InChI is InChI=1S/C33H39NO7/c1-25(16-17-26-10-5-3-6-11-26)32(36)34-30(33(37)38-2)24-39-20-21-40-29-15-9-14-27(22-29)18-19-31(35)41-23-28-12-7-4-8-13-28/h3-15,22,25,30H,16-21,23-24H2,1-2H3,(H,34,36)/t25-,30-/m0/s1. The summed E-state index contributed by atoms with van der Waals surface area (Å²) in [6, 6.07) is 26.1. The molecule has 0 heterocycles. The summed E-state index contributed by atoms with van der Waals surface area (Å²) in [5, 5.41) is 2.74. The third-order valence-electron chi connectivity index (χ3n) is 6.50. The van der Waals surface area contributed by atoms with Gasteiger partial charge in [0.1, 0.15) is 19.0 Å². The molecule has 8 nitrogen and oxygen atoms in total. The number of ether oxygens (including phenoxy) is 4. The minimum atomic E-state index is -0.906. The fourth-order valence-electron chi connectivity index (χ4n) is 4.05. The second-order valence-corrected chi connectivity index (χ2v) is 9.73. The van der Waals surface area contributed by atoms with Gasteiger partial charge in [0, 0.05) is 12.3 Å². The fourth-order valence-corrected chi connectivity index (χ4v) is 4.05. The lowest BCUT2D eigenvalue weighted by molar-refractivity contribution is -0.147. The number of carbonyl (C=O) groups is 3. The number of esters is 2. The van der Waals surface area contributed by atoms with Gasteiger partial charge in [0.2, 0.25) is 5.91 Å². The van der Waals surface area contributed by atoms with Crippen molar-refractivity contribution in [3.63, 3.8) is 0 Å².